The van der Waals surface area contributed by atoms with Gasteiger partial charge in [0.25, 0.3) is 0 Å². The summed E-state index contributed by atoms with van der Waals surface area (Å²) in [6, 6.07) is 0. The second-order valence-corrected chi connectivity index (χ2v) is 3.75. The molecule has 0 heterocycles. The molecule has 0 aromatic rings. The first-order chi connectivity index (χ1) is 4.23. The molecule has 2 fully saturated rings. The molecule has 0 bridgehead atoms. The monoisotopic (exact) mass is 148 g/mol. The van der Waals surface area contributed by atoms with Gasteiger partial charge in [-0.3, -0.25) is 0 Å². The maximum absolute atomic E-state index is 12.9. The van der Waals surface area contributed by atoms with E-state index in [1.54, 1.807) is 0 Å². The zero-order valence-electron chi connectivity index (χ0n) is 5.24. The Morgan fingerprint density at radius 3 is 2.00 bits per heavy atom. The van der Waals surface area contributed by atoms with E-state index in [1.807, 2.05) is 0 Å². The molecule has 0 radical (unpaired) electrons. The van der Waals surface area contributed by atoms with Crippen LogP contribution in [-0.4, -0.2) is 5.13 Å². The van der Waals surface area contributed by atoms with Gasteiger partial charge in [0.2, 0.25) is 0 Å². The van der Waals surface area contributed by atoms with Gasteiger partial charge in [-0.15, -0.1) is 0 Å². The minimum atomic E-state index is -1.28. The van der Waals surface area contributed by atoms with E-state index < -0.39 is 5.13 Å². The summed E-state index contributed by atoms with van der Waals surface area (Å²) in [6.07, 6.45) is 4.40. The normalized spacial score (nSPS) is 56.7. The highest BCUT2D eigenvalue weighted by atomic mass is 35.5. The minimum absolute atomic E-state index is 0.216. The molecule has 0 saturated heterocycles. The molecular formula is C7H10ClF. The number of alkyl halides is 2. The second-order valence-electron chi connectivity index (χ2n) is 3.17. The van der Waals surface area contributed by atoms with Crippen molar-refractivity contribution in [2.75, 3.05) is 0 Å². The van der Waals surface area contributed by atoms with Gasteiger partial charge in [-0.25, -0.2) is 4.39 Å². The molecule has 0 aliphatic heterocycles. The van der Waals surface area contributed by atoms with Gasteiger partial charge in [-0.2, -0.15) is 0 Å². The molecule has 2 saturated carbocycles. The largest absolute Gasteiger partial charge is 0.226 e. The van der Waals surface area contributed by atoms with E-state index in [1.165, 1.54) is 12.8 Å². The molecular weight excluding hydrogens is 139 g/mol. The number of hydrogen-bond acceptors (Lipinski definition) is 0. The predicted molar refractivity (Wildman–Crippen MR) is 35.1 cm³/mol. The smallest absolute Gasteiger partial charge is 0.190 e. The summed E-state index contributed by atoms with van der Waals surface area (Å²) in [5, 5.41) is -1.28. The van der Waals surface area contributed by atoms with Crippen LogP contribution in [0, 0.1) is 11.8 Å². The van der Waals surface area contributed by atoms with Crippen LogP contribution >= 0.6 is 11.6 Å². The molecule has 0 nitrogen and oxygen atoms in total. The summed E-state index contributed by atoms with van der Waals surface area (Å²) in [7, 11) is 0. The van der Waals surface area contributed by atoms with Crippen molar-refractivity contribution in [1.29, 1.82) is 0 Å². The highest BCUT2D eigenvalue weighted by Crippen LogP contribution is 2.63. The fraction of sp³-hybridized carbons (Fsp3) is 1.00. The van der Waals surface area contributed by atoms with Gasteiger partial charge in [0.15, 0.2) is 5.13 Å². The van der Waals surface area contributed by atoms with Crippen molar-refractivity contribution in [2.24, 2.45) is 11.8 Å². The Kier molecular flexibility index (Phi) is 1.08. The fourth-order valence-electron chi connectivity index (χ4n) is 1.98. The van der Waals surface area contributed by atoms with Gasteiger partial charge in [-0.1, -0.05) is 24.4 Å². The van der Waals surface area contributed by atoms with E-state index >= 15 is 0 Å². The molecule has 0 N–H and O–H groups in total. The van der Waals surface area contributed by atoms with Crippen molar-refractivity contribution < 1.29 is 4.39 Å². The van der Waals surface area contributed by atoms with Gasteiger partial charge in [0, 0.05) is 11.8 Å². The summed E-state index contributed by atoms with van der Waals surface area (Å²) in [5.74, 6) is 0.431. The lowest BCUT2D eigenvalue weighted by molar-refractivity contribution is 0.379. The molecule has 2 heteroatoms. The van der Waals surface area contributed by atoms with Gasteiger partial charge < -0.3 is 0 Å². The second kappa shape index (κ2) is 1.63. The van der Waals surface area contributed by atoms with Crippen molar-refractivity contribution in [2.45, 2.75) is 30.8 Å². The number of halogens is 2. The van der Waals surface area contributed by atoms with E-state index in [0.29, 0.717) is 0 Å². The van der Waals surface area contributed by atoms with Crippen LogP contribution in [0.4, 0.5) is 4.39 Å². The molecule has 52 valence electrons. The van der Waals surface area contributed by atoms with Gasteiger partial charge in [0.05, 0.1) is 0 Å². The summed E-state index contributed by atoms with van der Waals surface area (Å²) < 4.78 is 12.9. The van der Waals surface area contributed by atoms with Crippen LogP contribution in [0.15, 0.2) is 0 Å². The van der Waals surface area contributed by atoms with Crippen LogP contribution in [0.1, 0.15) is 25.7 Å². The van der Waals surface area contributed by atoms with Crippen molar-refractivity contribution >= 4 is 11.6 Å². The molecule has 0 aromatic heterocycles. The Hall–Kier alpha value is 0.220. The Bertz CT molecular complexity index is 119. The third-order valence-electron chi connectivity index (χ3n) is 2.65. The maximum atomic E-state index is 12.9. The van der Waals surface area contributed by atoms with Crippen molar-refractivity contribution in [3.63, 3.8) is 0 Å². The van der Waals surface area contributed by atoms with Crippen LogP contribution < -0.4 is 0 Å². The van der Waals surface area contributed by atoms with Crippen LogP contribution in [0.25, 0.3) is 0 Å². The standard InChI is InChI=1S/C7H10ClF/c8-7(9)5-3-1-2-4-6(5)7/h5-6H,1-4H2. The van der Waals surface area contributed by atoms with E-state index in [0.717, 1.165) is 12.8 Å². The van der Waals surface area contributed by atoms with Crippen molar-refractivity contribution in [3.8, 4) is 0 Å². The molecule has 2 aliphatic rings. The number of fused-ring (bicyclic) bond motifs is 1. The van der Waals surface area contributed by atoms with Crippen molar-refractivity contribution in [3.05, 3.63) is 0 Å². The minimum Gasteiger partial charge on any atom is -0.226 e. The molecule has 2 unspecified atom stereocenters. The van der Waals surface area contributed by atoms with Gasteiger partial charge >= 0.3 is 0 Å². The lowest BCUT2D eigenvalue weighted by atomic mass is 10.0. The summed E-state index contributed by atoms with van der Waals surface area (Å²) in [4.78, 5) is 0. The first-order valence-corrected chi connectivity index (χ1v) is 3.98. The fourth-order valence-corrected chi connectivity index (χ4v) is 2.44. The highest BCUT2D eigenvalue weighted by Gasteiger charge is 2.65. The number of rotatable bonds is 0. The van der Waals surface area contributed by atoms with E-state index in [-0.39, 0.29) is 11.8 Å². The number of hydrogen-bond donors (Lipinski definition) is 0. The van der Waals surface area contributed by atoms with Gasteiger partial charge in [-0.05, 0) is 12.8 Å². The molecule has 0 spiro atoms. The zero-order valence-corrected chi connectivity index (χ0v) is 5.99. The SMILES string of the molecule is FC1(Cl)C2CCCCC21. The Morgan fingerprint density at radius 2 is 1.67 bits per heavy atom. The Balaban J connectivity index is 2.06. The molecule has 9 heavy (non-hydrogen) atoms. The van der Waals surface area contributed by atoms with Crippen molar-refractivity contribution in [1.82, 2.24) is 0 Å². The molecule has 0 aromatic carbocycles. The third-order valence-corrected chi connectivity index (χ3v) is 3.21. The average Bonchev–Trinajstić information content (AvgIpc) is 2.39. The topological polar surface area (TPSA) is 0 Å². The molecule has 2 rings (SSSR count). The van der Waals surface area contributed by atoms with E-state index in [9.17, 15) is 4.39 Å². The van der Waals surface area contributed by atoms with Crippen LogP contribution in [-0.2, 0) is 0 Å². The molecule has 2 atom stereocenters. The lowest BCUT2D eigenvalue weighted by Gasteiger charge is -2.03. The maximum Gasteiger partial charge on any atom is 0.190 e. The highest BCUT2D eigenvalue weighted by molar-refractivity contribution is 6.25. The molecule has 2 aliphatic carbocycles. The van der Waals surface area contributed by atoms with E-state index in [2.05, 4.69) is 0 Å². The zero-order chi connectivity index (χ0) is 6.48. The third kappa shape index (κ3) is 0.706. The van der Waals surface area contributed by atoms with Gasteiger partial charge in [0.1, 0.15) is 0 Å². The predicted octanol–water partition coefficient (Wildman–Crippen LogP) is 2.71. The Labute approximate surface area is 59.4 Å². The quantitative estimate of drug-likeness (QED) is 0.464. The Morgan fingerprint density at radius 1 is 1.22 bits per heavy atom. The molecule has 0 amide bonds. The first kappa shape index (κ1) is 5.96. The summed E-state index contributed by atoms with van der Waals surface area (Å²) in [6.45, 7) is 0. The van der Waals surface area contributed by atoms with Crippen LogP contribution in [0.5, 0.6) is 0 Å². The first-order valence-electron chi connectivity index (χ1n) is 3.61. The van der Waals surface area contributed by atoms with Crippen LogP contribution in [0.2, 0.25) is 0 Å². The summed E-state index contributed by atoms with van der Waals surface area (Å²) in [5.41, 5.74) is 0. The van der Waals surface area contributed by atoms with E-state index in [4.69, 9.17) is 11.6 Å². The van der Waals surface area contributed by atoms with Crippen LogP contribution in [0.3, 0.4) is 0 Å². The lowest BCUT2D eigenvalue weighted by Crippen LogP contribution is -1.91. The summed E-state index contributed by atoms with van der Waals surface area (Å²) >= 11 is 5.55. The average molecular weight is 149 g/mol.